The van der Waals surface area contributed by atoms with E-state index >= 15 is 0 Å². The number of anilines is 1. The summed E-state index contributed by atoms with van der Waals surface area (Å²) in [7, 11) is 0. The molecule has 1 amide bonds. The summed E-state index contributed by atoms with van der Waals surface area (Å²) in [4.78, 5) is 23.5. The summed E-state index contributed by atoms with van der Waals surface area (Å²) in [6.07, 6.45) is 0.918. The molecule has 0 atom stereocenters. The number of phenols is 1. The number of amides is 1. The van der Waals surface area contributed by atoms with Crippen LogP contribution >= 0.6 is 0 Å². The molecule has 2 aromatic carbocycles. The molecule has 4 heteroatoms. The summed E-state index contributed by atoms with van der Waals surface area (Å²) in [5.41, 5.74) is 2.37. The van der Waals surface area contributed by atoms with Gasteiger partial charge in [0.25, 0.3) is 5.91 Å². The molecule has 0 radical (unpaired) electrons. The molecular weight excluding hydrogens is 266 g/mol. The second kappa shape index (κ2) is 6.22. The number of Topliss-reactive ketones (excluding diaryl/α,β-unsaturated/α-hetero) is 1. The van der Waals surface area contributed by atoms with E-state index in [1.165, 1.54) is 19.1 Å². The molecule has 0 bridgehead atoms. The molecule has 0 aliphatic heterocycles. The van der Waals surface area contributed by atoms with E-state index in [1.54, 1.807) is 18.2 Å². The van der Waals surface area contributed by atoms with Crippen molar-refractivity contribution in [3.63, 3.8) is 0 Å². The minimum Gasteiger partial charge on any atom is -0.507 e. The number of benzene rings is 2. The van der Waals surface area contributed by atoms with Crippen LogP contribution in [0.3, 0.4) is 0 Å². The Morgan fingerprint density at radius 1 is 1.10 bits per heavy atom. The zero-order valence-electron chi connectivity index (χ0n) is 12.0. The fourth-order valence-corrected chi connectivity index (χ4v) is 1.99. The summed E-state index contributed by atoms with van der Waals surface area (Å²) in [5.74, 6) is -0.596. The van der Waals surface area contributed by atoms with Gasteiger partial charge in [-0.3, -0.25) is 9.59 Å². The molecule has 0 spiro atoms. The van der Waals surface area contributed by atoms with Gasteiger partial charge >= 0.3 is 0 Å². The third-order valence-electron chi connectivity index (χ3n) is 3.26. The van der Waals surface area contributed by atoms with E-state index in [0.29, 0.717) is 11.3 Å². The van der Waals surface area contributed by atoms with E-state index in [4.69, 9.17) is 0 Å². The zero-order valence-corrected chi connectivity index (χ0v) is 12.0. The summed E-state index contributed by atoms with van der Waals surface area (Å²) in [5, 5.41) is 12.3. The van der Waals surface area contributed by atoms with Crippen molar-refractivity contribution in [1.29, 1.82) is 0 Å². The van der Waals surface area contributed by atoms with Gasteiger partial charge in [0.1, 0.15) is 5.75 Å². The highest BCUT2D eigenvalue weighted by atomic mass is 16.3. The van der Waals surface area contributed by atoms with E-state index in [9.17, 15) is 14.7 Å². The van der Waals surface area contributed by atoms with Crippen molar-refractivity contribution in [2.45, 2.75) is 20.3 Å². The maximum Gasteiger partial charge on any atom is 0.255 e. The molecule has 0 saturated carbocycles. The number of nitrogens with one attached hydrogen (secondary N) is 1. The highest BCUT2D eigenvalue weighted by Gasteiger charge is 2.10. The summed E-state index contributed by atoms with van der Waals surface area (Å²) in [6.45, 7) is 3.42. The van der Waals surface area contributed by atoms with Crippen LogP contribution in [-0.4, -0.2) is 16.8 Å². The molecular formula is C17H17NO3. The van der Waals surface area contributed by atoms with Gasteiger partial charge in [-0.25, -0.2) is 0 Å². The number of carbonyl (C=O) groups is 2. The van der Waals surface area contributed by atoms with Crippen LogP contribution in [0.1, 0.15) is 40.1 Å². The van der Waals surface area contributed by atoms with Crippen molar-refractivity contribution in [3.05, 3.63) is 59.2 Å². The fraction of sp³-hybridized carbons (Fsp3) is 0.176. The molecule has 108 valence electrons. The predicted molar refractivity (Wildman–Crippen MR) is 81.9 cm³/mol. The molecule has 0 saturated heterocycles. The number of hydrogen-bond donors (Lipinski definition) is 2. The normalized spacial score (nSPS) is 10.2. The summed E-state index contributed by atoms with van der Waals surface area (Å²) < 4.78 is 0. The Morgan fingerprint density at radius 3 is 2.33 bits per heavy atom. The number of carbonyl (C=O) groups excluding carboxylic acids is 2. The predicted octanol–water partition coefficient (Wildman–Crippen LogP) is 3.41. The maximum atomic E-state index is 12.1. The van der Waals surface area contributed by atoms with Crippen LogP contribution in [0, 0.1) is 0 Å². The molecule has 0 aromatic heterocycles. The lowest BCUT2D eigenvalue weighted by molar-refractivity contribution is 0.100. The second-order valence-corrected chi connectivity index (χ2v) is 4.79. The largest absolute Gasteiger partial charge is 0.507 e. The third kappa shape index (κ3) is 3.48. The van der Waals surface area contributed by atoms with Gasteiger partial charge in [0.05, 0.1) is 5.56 Å². The lowest BCUT2D eigenvalue weighted by atomic mass is 10.1. The SMILES string of the molecule is CCc1ccc(C(=O)Nc2ccc(O)c(C(C)=O)c2)cc1. The Kier molecular flexibility index (Phi) is 4.38. The third-order valence-corrected chi connectivity index (χ3v) is 3.26. The lowest BCUT2D eigenvalue weighted by Crippen LogP contribution is -2.12. The van der Waals surface area contributed by atoms with Gasteiger partial charge < -0.3 is 10.4 Å². The Morgan fingerprint density at radius 2 is 1.76 bits per heavy atom. The van der Waals surface area contributed by atoms with Crippen LogP contribution in [0.2, 0.25) is 0 Å². The Labute approximate surface area is 123 Å². The number of ketones is 1. The van der Waals surface area contributed by atoms with E-state index in [0.717, 1.165) is 12.0 Å². The maximum absolute atomic E-state index is 12.1. The van der Waals surface area contributed by atoms with Crippen LogP contribution in [-0.2, 0) is 6.42 Å². The van der Waals surface area contributed by atoms with Gasteiger partial charge in [0.15, 0.2) is 5.78 Å². The zero-order chi connectivity index (χ0) is 15.4. The molecule has 0 unspecified atom stereocenters. The number of phenolic OH excluding ortho intramolecular Hbond substituents is 1. The molecule has 21 heavy (non-hydrogen) atoms. The van der Waals surface area contributed by atoms with Gasteiger partial charge in [-0.05, 0) is 49.2 Å². The smallest absolute Gasteiger partial charge is 0.255 e. The Bertz CT molecular complexity index is 675. The van der Waals surface area contributed by atoms with Gasteiger partial charge in [0, 0.05) is 11.3 Å². The van der Waals surface area contributed by atoms with E-state index in [2.05, 4.69) is 12.2 Å². The first-order valence-corrected chi connectivity index (χ1v) is 6.75. The highest BCUT2D eigenvalue weighted by Crippen LogP contribution is 2.22. The number of aromatic hydroxyl groups is 1. The first-order chi connectivity index (χ1) is 10.0. The standard InChI is InChI=1S/C17H17NO3/c1-3-12-4-6-13(7-5-12)17(21)18-14-8-9-16(20)15(10-14)11(2)19/h4-10,20H,3H2,1-2H3,(H,18,21). The molecule has 2 aromatic rings. The molecule has 2 N–H and O–H groups in total. The average Bonchev–Trinajstić information content (AvgIpc) is 2.49. The summed E-state index contributed by atoms with van der Waals surface area (Å²) in [6, 6.07) is 11.8. The number of hydrogen-bond acceptors (Lipinski definition) is 3. The lowest BCUT2D eigenvalue weighted by Gasteiger charge is -2.08. The highest BCUT2D eigenvalue weighted by molar-refractivity contribution is 6.05. The Balaban J connectivity index is 2.19. The molecule has 0 heterocycles. The van der Waals surface area contributed by atoms with Crippen LogP contribution in [0.5, 0.6) is 5.75 Å². The van der Waals surface area contributed by atoms with Crippen molar-refractivity contribution in [2.75, 3.05) is 5.32 Å². The summed E-state index contributed by atoms with van der Waals surface area (Å²) >= 11 is 0. The van der Waals surface area contributed by atoms with E-state index in [1.807, 2.05) is 12.1 Å². The average molecular weight is 283 g/mol. The fourth-order valence-electron chi connectivity index (χ4n) is 1.99. The first-order valence-electron chi connectivity index (χ1n) is 6.75. The molecule has 4 nitrogen and oxygen atoms in total. The van der Waals surface area contributed by atoms with Crippen LogP contribution in [0.15, 0.2) is 42.5 Å². The second-order valence-electron chi connectivity index (χ2n) is 4.79. The van der Waals surface area contributed by atoms with Crippen molar-refractivity contribution in [2.24, 2.45) is 0 Å². The van der Waals surface area contributed by atoms with E-state index in [-0.39, 0.29) is 23.0 Å². The first kappa shape index (κ1) is 14.8. The monoisotopic (exact) mass is 283 g/mol. The van der Waals surface area contributed by atoms with Crippen LogP contribution in [0.25, 0.3) is 0 Å². The molecule has 2 rings (SSSR count). The Hall–Kier alpha value is -2.62. The number of rotatable bonds is 4. The topological polar surface area (TPSA) is 66.4 Å². The van der Waals surface area contributed by atoms with Gasteiger partial charge in [0.2, 0.25) is 0 Å². The van der Waals surface area contributed by atoms with Crippen molar-refractivity contribution in [3.8, 4) is 5.75 Å². The van der Waals surface area contributed by atoms with Crippen LogP contribution < -0.4 is 5.32 Å². The minimum atomic E-state index is -0.254. The van der Waals surface area contributed by atoms with Crippen LogP contribution in [0.4, 0.5) is 5.69 Å². The van der Waals surface area contributed by atoms with Crippen molar-refractivity contribution in [1.82, 2.24) is 0 Å². The van der Waals surface area contributed by atoms with Gasteiger partial charge in [-0.1, -0.05) is 19.1 Å². The minimum absolute atomic E-state index is 0.0900. The number of aryl methyl sites for hydroxylation is 1. The molecule has 0 aliphatic rings. The van der Waals surface area contributed by atoms with Gasteiger partial charge in [-0.2, -0.15) is 0 Å². The molecule has 0 fully saturated rings. The quantitative estimate of drug-likeness (QED) is 0.667. The van der Waals surface area contributed by atoms with E-state index < -0.39 is 0 Å². The van der Waals surface area contributed by atoms with Crippen molar-refractivity contribution < 1.29 is 14.7 Å². The molecule has 0 aliphatic carbocycles. The van der Waals surface area contributed by atoms with Crippen molar-refractivity contribution >= 4 is 17.4 Å². The van der Waals surface area contributed by atoms with Gasteiger partial charge in [-0.15, -0.1) is 0 Å².